The van der Waals surface area contributed by atoms with E-state index in [9.17, 15) is 9.59 Å². The van der Waals surface area contributed by atoms with Crippen molar-refractivity contribution in [3.63, 3.8) is 0 Å². The lowest BCUT2D eigenvalue weighted by Crippen LogP contribution is -2.26. The first kappa shape index (κ1) is 9.25. The summed E-state index contributed by atoms with van der Waals surface area (Å²) in [5.41, 5.74) is 4.77. The number of amides is 1. The number of hydrogen-bond donors (Lipinski definition) is 1. The average molecular weight is 205 g/mol. The zero-order chi connectivity index (χ0) is 10.8. The van der Waals surface area contributed by atoms with Gasteiger partial charge >= 0.3 is 0 Å². The van der Waals surface area contributed by atoms with Crippen LogP contribution in [0.25, 0.3) is 5.78 Å². The van der Waals surface area contributed by atoms with Crippen molar-refractivity contribution in [1.29, 1.82) is 0 Å². The van der Waals surface area contributed by atoms with Gasteiger partial charge in [-0.05, 0) is 0 Å². The first-order chi connectivity index (χ1) is 7.18. The van der Waals surface area contributed by atoms with Crippen LogP contribution in [0, 0.1) is 0 Å². The third kappa shape index (κ3) is 1.66. The van der Waals surface area contributed by atoms with Crippen molar-refractivity contribution in [1.82, 2.24) is 19.6 Å². The monoisotopic (exact) mass is 205 g/mol. The molecule has 2 N–H and O–H groups in total. The molecule has 2 aromatic rings. The molecule has 0 aliphatic carbocycles. The van der Waals surface area contributed by atoms with E-state index in [0.717, 1.165) is 4.52 Å². The molecule has 15 heavy (non-hydrogen) atoms. The third-order valence-corrected chi connectivity index (χ3v) is 1.80. The number of rotatable bonds is 2. The second-order valence-electron chi connectivity index (χ2n) is 2.89. The summed E-state index contributed by atoms with van der Waals surface area (Å²) < 4.78 is 1.03. The minimum Gasteiger partial charge on any atom is -0.369 e. The molecule has 0 spiro atoms. The summed E-state index contributed by atoms with van der Waals surface area (Å²) in [5, 5.41) is 3.78. The maximum absolute atomic E-state index is 11.7. The number of carbonyl (C=O) groups is 1. The summed E-state index contributed by atoms with van der Waals surface area (Å²) in [6, 6.07) is 0. The number of fused-ring (bicyclic) bond motifs is 1. The van der Waals surface area contributed by atoms with Gasteiger partial charge in [0.05, 0.1) is 18.8 Å². The molecular weight excluding hydrogens is 198 g/mol. The molecule has 0 saturated carbocycles. The molecule has 0 saturated heterocycles. The Labute approximate surface area is 83.6 Å². The molecule has 2 rings (SSSR count). The van der Waals surface area contributed by atoms with Crippen LogP contribution in [0.4, 0.5) is 0 Å². The fraction of sp³-hybridized carbons (Fsp3) is 0.125. The Morgan fingerprint density at radius 3 is 2.93 bits per heavy atom. The normalized spacial score (nSPS) is 10.4. The number of nitrogens with zero attached hydrogens (tertiary/aromatic N) is 4. The van der Waals surface area contributed by atoms with Gasteiger partial charge in [0.25, 0.3) is 11.3 Å². The molecule has 7 heteroatoms. The number of primary amides is 1. The highest BCUT2D eigenvalue weighted by atomic mass is 16.1. The van der Waals surface area contributed by atoms with Gasteiger partial charge in [-0.15, -0.1) is 0 Å². The number of carbonyl (C=O) groups excluding carboxylic acids is 1. The lowest BCUT2D eigenvalue weighted by Gasteiger charge is -1.99. The summed E-state index contributed by atoms with van der Waals surface area (Å²) in [6.07, 6.45) is 3.93. The fourth-order valence-corrected chi connectivity index (χ4v) is 1.17. The minimum absolute atomic E-state index is 0.147. The van der Waals surface area contributed by atoms with Crippen LogP contribution >= 0.6 is 0 Å². The Balaban J connectivity index is 2.65. The molecule has 76 valence electrons. The highest BCUT2D eigenvalue weighted by Crippen LogP contribution is 1.92. The lowest BCUT2D eigenvalue weighted by atomic mass is 10.2. The Kier molecular flexibility index (Phi) is 2.13. The van der Waals surface area contributed by atoms with Crippen LogP contribution in [0.3, 0.4) is 0 Å². The first-order valence-electron chi connectivity index (χ1n) is 4.15. The highest BCUT2D eigenvalue weighted by molar-refractivity contribution is 5.76. The minimum atomic E-state index is -0.585. The molecule has 2 heterocycles. The Hall–Kier alpha value is -2.31. The maximum Gasteiger partial charge on any atom is 0.279 e. The van der Waals surface area contributed by atoms with E-state index in [2.05, 4.69) is 15.1 Å². The van der Waals surface area contributed by atoms with E-state index < -0.39 is 11.5 Å². The number of hydrogen-bond acceptors (Lipinski definition) is 5. The zero-order valence-electron chi connectivity index (χ0n) is 7.62. The largest absolute Gasteiger partial charge is 0.369 e. The fourth-order valence-electron chi connectivity index (χ4n) is 1.17. The standard InChI is InChI=1S/C8H7N5O2/c9-6(14)3-5-4-11-8-10-1-2-12-13(8)7(5)15/h1-2,4H,3H2,(H2,9,14). The van der Waals surface area contributed by atoms with E-state index >= 15 is 0 Å². The second kappa shape index (κ2) is 3.45. The van der Waals surface area contributed by atoms with Gasteiger partial charge in [-0.3, -0.25) is 9.59 Å². The average Bonchev–Trinajstić information content (AvgIpc) is 2.22. The molecule has 2 aromatic heterocycles. The van der Waals surface area contributed by atoms with Crippen molar-refractivity contribution in [2.24, 2.45) is 5.73 Å². The van der Waals surface area contributed by atoms with Gasteiger partial charge in [0, 0.05) is 11.8 Å². The van der Waals surface area contributed by atoms with Crippen molar-refractivity contribution < 1.29 is 4.79 Å². The molecule has 1 amide bonds. The molecule has 0 aliphatic rings. The van der Waals surface area contributed by atoms with Gasteiger partial charge in [0.1, 0.15) is 0 Å². The van der Waals surface area contributed by atoms with E-state index in [-0.39, 0.29) is 17.8 Å². The molecule has 0 aliphatic heterocycles. The molecule has 7 nitrogen and oxygen atoms in total. The van der Waals surface area contributed by atoms with Crippen molar-refractivity contribution in [2.45, 2.75) is 6.42 Å². The second-order valence-corrected chi connectivity index (χ2v) is 2.89. The molecular formula is C8H7N5O2. The van der Waals surface area contributed by atoms with E-state index in [0.29, 0.717) is 0 Å². The van der Waals surface area contributed by atoms with Gasteiger partial charge in [0.15, 0.2) is 0 Å². The quantitative estimate of drug-likeness (QED) is 0.643. The van der Waals surface area contributed by atoms with Crippen molar-refractivity contribution in [3.8, 4) is 0 Å². The molecule has 0 radical (unpaired) electrons. The summed E-state index contributed by atoms with van der Waals surface area (Å²) in [4.78, 5) is 30.1. The van der Waals surface area contributed by atoms with Gasteiger partial charge in [-0.25, -0.2) is 9.97 Å². The van der Waals surface area contributed by atoms with Crippen molar-refractivity contribution in [3.05, 3.63) is 34.5 Å². The van der Waals surface area contributed by atoms with Gasteiger partial charge in [-0.1, -0.05) is 0 Å². The number of aromatic nitrogens is 4. The predicted octanol–water partition coefficient (Wildman–Crippen LogP) is -1.49. The summed E-state index contributed by atoms with van der Waals surface area (Å²) in [6.45, 7) is 0. The van der Waals surface area contributed by atoms with Gasteiger partial charge < -0.3 is 5.73 Å². The van der Waals surface area contributed by atoms with Crippen molar-refractivity contribution in [2.75, 3.05) is 0 Å². The SMILES string of the molecule is NC(=O)Cc1cnc2nccnn2c1=O. The van der Waals surface area contributed by atoms with E-state index in [1.165, 1.54) is 18.6 Å². The smallest absolute Gasteiger partial charge is 0.279 e. The van der Waals surface area contributed by atoms with Crippen LogP contribution < -0.4 is 11.3 Å². The third-order valence-electron chi connectivity index (χ3n) is 1.80. The predicted molar refractivity (Wildman–Crippen MR) is 50.0 cm³/mol. The summed E-state index contributed by atoms with van der Waals surface area (Å²) in [5.74, 6) is -0.395. The highest BCUT2D eigenvalue weighted by Gasteiger charge is 2.07. The maximum atomic E-state index is 11.7. The number of nitrogens with two attached hydrogens (primary N) is 1. The van der Waals surface area contributed by atoms with Crippen molar-refractivity contribution >= 4 is 11.7 Å². The Morgan fingerprint density at radius 2 is 2.20 bits per heavy atom. The van der Waals surface area contributed by atoms with E-state index in [1.54, 1.807) is 0 Å². The molecule has 0 unspecified atom stereocenters. The molecule has 0 bridgehead atoms. The zero-order valence-corrected chi connectivity index (χ0v) is 7.62. The van der Waals surface area contributed by atoms with Crippen LogP contribution in [-0.4, -0.2) is 25.5 Å². The van der Waals surface area contributed by atoms with E-state index in [1.807, 2.05) is 0 Å². The van der Waals surface area contributed by atoms with Crippen LogP contribution in [0.2, 0.25) is 0 Å². The lowest BCUT2D eigenvalue weighted by molar-refractivity contribution is -0.117. The van der Waals surface area contributed by atoms with Crippen LogP contribution in [0.15, 0.2) is 23.4 Å². The van der Waals surface area contributed by atoms with Crippen LogP contribution in [0.1, 0.15) is 5.56 Å². The first-order valence-corrected chi connectivity index (χ1v) is 4.15. The van der Waals surface area contributed by atoms with Crippen LogP contribution in [-0.2, 0) is 11.2 Å². The molecule has 0 atom stereocenters. The summed E-state index contributed by atoms with van der Waals surface area (Å²) in [7, 11) is 0. The Bertz CT molecular complexity index is 576. The Morgan fingerprint density at radius 1 is 1.40 bits per heavy atom. The van der Waals surface area contributed by atoms with E-state index in [4.69, 9.17) is 5.73 Å². The topological polar surface area (TPSA) is 103 Å². The van der Waals surface area contributed by atoms with Gasteiger partial charge in [0.2, 0.25) is 5.91 Å². The van der Waals surface area contributed by atoms with Gasteiger partial charge in [-0.2, -0.15) is 9.61 Å². The molecule has 0 fully saturated rings. The summed E-state index contributed by atoms with van der Waals surface area (Å²) >= 11 is 0. The van der Waals surface area contributed by atoms with Crippen LogP contribution in [0.5, 0.6) is 0 Å². The molecule has 0 aromatic carbocycles.